The number of alkyl halides is 3. The predicted molar refractivity (Wildman–Crippen MR) is 241 cm³/mol. The Labute approximate surface area is 376 Å². The Hall–Kier alpha value is -1.39. The first-order valence-corrected chi connectivity index (χ1v) is 21.0. The molecule has 10 nitrogen and oxygen atoms in total. The Morgan fingerprint density at radius 3 is 1.40 bits per heavy atom. The van der Waals surface area contributed by atoms with E-state index in [0.29, 0.717) is 52.7 Å². The molecule has 1 aliphatic heterocycles. The zero-order valence-corrected chi connectivity index (χ0v) is 37.4. The summed E-state index contributed by atoms with van der Waals surface area (Å²) in [5.41, 5.74) is 7.77. The molecule has 4 aliphatic rings. The zero-order chi connectivity index (χ0) is 40.8. The van der Waals surface area contributed by atoms with Gasteiger partial charge >= 0.3 is 0 Å². The Morgan fingerprint density at radius 1 is 0.702 bits per heavy atom. The van der Waals surface area contributed by atoms with E-state index >= 15 is 0 Å². The zero-order valence-electron chi connectivity index (χ0n) is 31.2. The van der Waals surface area contributed by atoms with Crippen molar-refractivity contribution in [3.05, 3.63) is 105 Å². The molecule has 0 bridgehead atoms. The standard InChI is InChI=1S/C14H17Cl2N3OS.C13H16Cl2N2O.C12H16Cl2N2O.ClH/c15-11-4-2-1-3-10(11)7-14(20,13(16)5-6-13)8-19-12(21)17-9-18-19;1-16-17-9-13(18,12(15)6-7-12)8-10-4-2-3-5-11(10)14;13-10-4-2-1-3-9(10)7-12(17,8-16-15)11(14)5-6-11;/h1-4,18,20H,5-9H2,(H,17,21);2-5,17-18H,1,6-9H2;1-4,16-17H,5-8,15H2;1H. The molecule has 57 heavy (non-hydrogen) atoms. The SMILES string of the molecule is C=NNCC(O)(Cc1ccccc1Cl)C1(Cl)CC1.Cl.NNCC(O)(Cc1ccccc1Cl)C1(Cl)CC1.OC(Cc1ccccc1Cl)(CN1NCNC1=S)C1(Cl)CC1. The van der Waals surface area contributed by atoms with E-state index in [9.17, 15) is 15.3 Å². The molecule has 18 heteroatoms. The minimum atomic E-state index is -1.09. The number of hydrogen-bond acceptors (Lipinski definition) is 9. The first-order valence-electron chi connectivity index (χ1n) is 18.3. The fraction of sp³-hybridized carbons (Fsp3) is 0.487. The predicted octanol–water partition coefficient (Wildman–Crippen LogP) is 6.90. The van der Waals surface area contributed by atoms with Crippen molar-refractivity contribution < 1.29 is 15.3 Å². The number of nitrogens with zero attached hydrogens (tertiary/aromatic N) is 2. The summed E-state index contributed by atoms with van der Waals surface area (Å²) in [6.07, 6.45) is 6.00. The largest absolute Gasteiger partial charge is 0.386 e. The van der Waals surface area contributed by atoms with Crippen molar-refractivity contribution in [2.75, 3.05) is 26.3 Å². The summed E-state index contributed by atoms with van der Waals surface area (Å²) in [6, 6.07) is 22.5. The molecule has 3 aromatic carbocycles. The van der Waals surface area contributed by atoms with Gasteiger partial charge in [-0.2, -0.15) is 5.10 Å². The van der Waals surface area contributed by atoms with Crippen LogP contribution < -0.4 is 27.4 Å². The summed E-state index contributed by atoms with van der Waals surface area (Å²) in [7, 11) is 0. The van der Waals surface area contributed by atoms with E-state index in [1.165, 1.54) is 0 Å². The van der Waals surface area contributed by atoms with Crippen LogP contribution in [0.4, 0.5) is 0 Å². The Kier molecular flexibility index (Phi) is 16.9. The number of nitrogens with two attached hydrogens (primary N) is 1. The van der Waals surface area contributed by atoms with Crippen LogP contribution in [0.1, 0.15) is 55.2 Å². The second-order valence-electron chi connectivity index (χ2n) is 15.1. The molecule has 3 atom stereocenters. The van der Waals surface area contributed by atoms with Crippen molar-refractivity contribution in [3.8, 4) is 0 Å². The first kappa shape index (κ1) is 48.3. The fourth-order valence-corrected chi connectivity index (χ4v) is 8.32. The number of hydrazone groups is 1. The molecular weight excluding hydrogens is 895 g/mol. The molecular formula is C39H50Cl7N7O3S. The molecule has 1 heterocycles. The highest BCUT2D eigenvalue weighted by Crippen LogP contribution is 2.54. The smallest absolute Gasteiger partial charge is 0.184 e. The molecule has 1 saturated heterocycles. The summed E-state index contributed by atoms with van der Waals surface area (Å²) in [4.78, 5) is -1.76. The van der Waals surface area contributed by atoms with Gasteiger partial charge in [0.15, 0.2) is 5.11 Å². The van der Waals surface area contributed by atoms with Gasteiger partial charge in [-0.25, -0.2) is 5.43 Å². The van der Waals surface area contributed by atoms with Gasteiger partial charge in [0.2, 0.25) is 0 Å². The molecule has 7 rings (SSSR count). The topological polar surface area (TPSA) is 150 Å². The van der Waals surface area contributed by atoms with Crippen molar-refractivity contribution in [1.29, 1.82) is 0 Å². The summed E-state index contributed by atoms with van der Waals surface area (Å²) in [5, 5.41) is 43.5. The van der Waals surface area contributed by atoms with E-state index in [0.717, 1.165) is 55.2 Å². The monoisotopic (exact) mass is 941 g/mol. The number of β-amino-alcohol motifs (C(OH)–C–C–N with tert-alkyl or cyclic N) is 1. The number of hydrazine groups is 2. The van der Waals surface area contributed by atoms with Gasteiger partial charge in [-0.1, -0.05) is 89.4 Å². The third-order valence-corrected chi connectivity index (χ3v) is 14.6. The number of thiocarbonyl (C=S) groups is 1. The van der Waals surface area contributed by atoms with E-state index in [-0.39, 0.29) is 25.5 Å². The van der Waals surface area contributed by atoms with E-state index in [2.05, 4.69) is 33.4 Å². The molecule has 0 spiro atoms. The van der Waals surface area contributed by atoms with Crippen molar-refractivity contribution in [1.82, 2.24) is 26.6 Å². The number of aliphatic hydroxyl groups is 3. The average Bonchev–Trinajstić information content (AvgIpc) is 4.12. The van der Waals surface area contributed by atoms with Crippen LogP contribution in [0.15, 0.2) is 77.9 Å². The maximum absolute atomic E-state index is 11.2. The lowest BCUT2D eigenvalue weighted by Crippen LogP contribution is -2.55. The number of halogens is 7. The summed E-state index contributed by atoms with van der Waals surface area (Å²) >= 11 is 43.0. The van der Waals surface area contributed by atoms with Gasteiger partial charge in [0.1, 0.15) is 16.8 Å². The minimum Gasteiger partial charge on any atom is -0.386 e. The van der Waals surface area contributed by atoms with Gasteiger partial charge < -0.3 is 26.1 Å². The Morgan fingerprint density at radius 2 is 1.07 bits per heavy atom. The lowest BCUT2D eigenvalue weighted by molar-refractivity contribution is 0.00280. The second-order valence-corrected chi connectivity index (χ2v) is 18.9. The molecule has 3 unspecified atom stereocenters. The van der Waals surface area contributed by atoms with Crippen LogP contribution in [0.3, 0.4) is 0 Å². The van der Waals surface area contributed by atoms with Crippen molar-refractivity contribution in [2.45, 2.75) is 89.2 Å². The van der Waals surface area contributed by atoms with E-state index in [1.807, 2.05) is 66.7 Å². The van der Waals surface area contributed by atoms with Gasteiger partial charge in [-0.3, -0.25) is 16.3 Å². The first-order chi connectivity index (χ1) is 26.4. The van der Waals surface area contributed by atoms with Gasteiger partial charge in [-0.05, 0) is 85.6 Å². The molecule has 314 valence electrons. The van der Waals surface area contributed by atoms with Crippen LogP contribution in [-0.2, 0) is 19.3 Å². The third kappa shape index (κ3) is 11.9. The lowest BCUT2D eigenvalue weighted by atomic mass is 9.88. The van der Waals surface area contributed by atoms with Gasteiger partial charge in [-0.15, -0.1) is 47.2 Å². The average molecular weight is 945 g/mol. The highest BCUT2D eigenvalue weighted by atomic mass is 35.5. The molecule has 3 aliphatic carbocycles. The molecule has 4 fully saturated rings. The van der Waals surface area contributed by atoms with Crippen LogP contribution in [0.2, 0.25) is 15.1 Å². The quantitative estimate of drug-likeness (QED) is 0.0251. The number of hydrogen-bond donors (Lipinski definition) is 8. The fourth-order valence-electron chi connectivity index (χ4n) is 6.83. The van der Waals surface area contributed by atoms with Crippen LogP contribution in [-0.4, -0.2) is 89.9 Å². The van der Waals surface area contributed by atoms with Crippen LogP contribution in [0, 0.1) is 0 Å². The van der Waals surface area contributed by atoms with Crippen molar-refractivity contribution in [3.63, 3.8) is 0 Å². The van der Waals surface area contributed by atoms with Gasteiger partial charge in [0.25, 0.3) is 0 Å². The molecule has 3 saturated carbocycles. The highest BCUT2D eigenvalue weighted by molar-refractivity contribution is 7.80. The normalized spacial score (nSPS) is 20.9. The van der Waals surface area contributed by atoms with Gasteiger partial charge in [0, 0.05) is 47.6 Å². The Balaban J connectivity index is 0.000000189. The summed E-state index contributed by atoms with van der Waals surface area (Å²) in [6.45, 7) is 4.76. The minimum absolute atomic E-state index is 0. The van der Waals surface area contributed by atoms with Gasteiger partial charge in [0.05, 0.1) is 34.4 Å². The number of benzene rings is 3. The maximum Gasteiger partial charge on any atom is 0.184 e. The molecule has 0 aromatic heterocycles. The van der Waals surface area contributed by atoms with E-state index in [1.54, 1.807) is 11.1 Å². The molecule has 0 radical (unpaired) electrons. The maximum atomic E-state index is 11.2. The summed E-state index contributed by atoms with van der Waals surface area (Å²) < 4.78 is 0. The van der Waals surface area contributed by atoms with Crippen molar-refractivity contribution in [2.24, 2.45) is 10.9 Å². The second kappa shape index (κ2) is 20.0. The van der Waals surface area contributed by atoms with E-state index in [4.69, 9.17) is 87.7 Å². The van der Waals surface area contributed by atoms with E-state index < -0.39 is 31.4 Å². The third-order valence-electron chi connectivity index (χ3n) is 10.9. The Bertz CT molecular complexity index is 1840. The molecule has 3 aromatic rings. The van der Waals surface area contributed by atoms with Crippen LogP contribution in [0.5, 0.6) is 0 Å². The summed E-state index contributed by atoms with van der Waals surface area (Å²) in [5.74, 6) is 5.33. The highest BCUT2D eigenvalue weighted by Gasteiger charge is 2.60. The number of nitrogens with one attached hydrogen (secondary N) is 4. The molecule has 9 N–H and O–H groups in total. The van der Waals surface area contributed by atoms with Crippen molar-refractivity contribution >= 4 is 106 Å². The molecule has 0 amide bonds. The van der Waals surface area contributed by atoms with Crippen LogP contribution in [0.25, 0.3) is 0 Å². The van der Waals surface area contributed by atoms with Crippen LogP contribution >= 0.6 is 94.2 Å². The number of rotatable bonds is 16. The lowest BCUT2D eigenvalue weighted by Gasteiger charge is -2.36.